The van der Waals surface area contributed by atoms with E-state index in [4.69, 9.17) is 9.47 Å². The molecular formula is C20H31N3O5S. The van der Waals surface area contributed by atoms with Gasteiger partial charge in [0.15, 0.2) is 0 Å². The molecule has 2 heterocycles. The number of hydrogen-bond acceptors (Lipinski definition) is 6. The summed E-state index contributed by atoms with van der Waals surface area (Å²) >= 11 is 0. The minimum Gasteiger partial charge on any atom is -0.492 e. The first-order chi connectivity index (χ1) is 13.9. The van der Waals surface area contributed by atoms with Gasteiger partial charge in [0.2, 0.25) is 15.9 Å². The maximum atomic E-state index is 13.3. The molecule has 9 heteroatoms. The zero-order chi connectivity index (χ0) is 20.9. The molecule has 1 aromatic carbocycles. The maximum Gasteiger partial charge on any atom is 0.247 e. The summed E-state index contributed by atoms with van der Waals surface area (Å²) < 4.78 is 39.5. The van der Waals surface area contributed by atoms with Crippen molar-refractivity contribution in [2.24, 2.45) is 5.41 Å². The predicted octanol–water partition coefficient (Wildman–Crippen LogP) is 0.934. The lowest BCUT2D eigenvalue weighted by Gasteiger charge is -2.44. The lowest BCUT2D eigenvalue weighted by molar-refractivity contribution is -0.121. The first-order valence-electron chi connectivity index (χ1n) is 10.1. The van der Waals surface area contributed by atoms with E-state index in [-0.39, 0.29) is 29.3 Å². The van der Waals surface area contributed by atoms with Crippen molar-refractivity contribution in [2.75, 3.05) is 59.6 Å². The van der Waals surface area contributed by atoms with Gasteiger partial charge < -0.3 is 19.7 Å². The Bertz CT molecular complexity index is 806. The largest absolute Gasteiger partial charge is 0.492 e. The standard InChI is InChI=1S/C20H31N3O5S/c1-3-27-13-12-22-10-8-20(9-11-22)15-23(14-19(24)21-2)29(25,26)18-7-5-4-6-17(18)28-16-20/h4-7H,3,8-16H2,1-2H3,(H,21,24). The Labute approximate surface area is 173 Å². The summed E-state index contributed by atoms with van der Waals surface area (Å²) in [5, 5.41) is 2.54. The quantitative estimate of drug-likeness (QED) is 0.683. The third-order valence-electron chi connectivity index (χ3n) is 5.78. The number of piperidine rings is 1. The fourth-order valence-electron chi connectivity index (χ4n) is 3.93. The van der Waals surface area contributed by atoms with E-state index in [0.29, 0.717) is 25.6 Å². The third kappa shape index (κ3) is 5.09. The van der Waals surface area contributed by atoms with E-state index in [9.17, 15) is 13.2 Å². The van der Waals surface area contributed by atoms with E-state index < -0.39 is 10.0 Å². The van der Waals surface area contributed by atoms with Gasteiger partial charge in [-0.05, 0) is 45.0 Å². The number of amides is 1. The SMILES string of the molecule is CCOCCN1CCC2(CC1)COc1ccccc1S(=O)(=O)N(CC(=O)NC)C2. The number of carbonyl (C=O) groups excluding carboxylic acids is 1. The molecule has 8 nitrogen and oxygen atoms in total. The number of para-hydroxylation sites is 1. The summed E-state index contributed by atoms with van der Waals surface area (Å²) in [5.41, 5.74) is -0.323. The molecule has 0 atom stereocenters. The van der Waals surface area contributed by atoms with Gasteiger partial charge in [-0.25, -0.2) is 8.42 Å². The van der Waals surface area contributed by atoms with E-state index in [1.807, 2.05) is 6.92 Å². The molecule has 0 aromatic heterocycles. The molecule has 3 rings (SSSR count). The Morgan fingerprint density at radius 3 is 2.69 bits per heavy atom. The van der Waals surface area contributed by atoms with Gasteiger partial charge in [-0.1, -0.05) is 12.1 Å². The van der Waals surface area contributed by atoms with Gasteiger partial charge >= 0.3 is 0 Å². The smallest absolute Gasteiger partial charge is 0.247 e. The van der Waals surface area contributed by atoms with E-state index in [1.54, 1.807) is 18.2 Å². The van der Waals surface area contributed by atoms with Crippen molar-refractivity contribution in [2.45, 2.75) is 24.7 Å². The van der Waals surface area contributed by atoms with Crippen LogP contribution in [-0.2, 0) is 19.6 Å². The van der Waals surface area contributed by atoms with Crippen molar-refractivity contribution in [1.82, 2.24) is 14.5 Å². The average molecular weight is 426 g/mol. The van der Waals surface area contributed by atoms with E-state index in [2.05, 4.69) is 10.2 Å². The average Bonchev–Trinajstić information content (AvgIpc) is 2.73. The number of carbonyl (C=O) groups is 1. The highest BCUT2D eigenvalue weighted by atomic mass is 32.2. The molecule has 0 radical (unpaired) electrons. The summed E-state index contributed by atoms with van der Waals surface area (Å²) in [4.78, 5) is 14.5. The van der Waals surface area contributed by atoms with Crippen LogP contribution in [0.5, 0.6) is 5.75 Å². The Morgan fingerprint density at radius 1 is 1.28 bits per heavy atom. The number of likely N-dealkylation sites (tertiary alicyclic amines) is 1. The molecule has 1 aromatic rings. The zero-order valence-corrected chi connectivity index (χ0v) is 18.0. The second kappa shape index (κ2) is 9.42. The maximum absolute atomic E-state index is 13.3. The molecule has 29 heavy (non-hydrogen) atoms. The number of ether oxygens (including phenoxy) is 2. The van der Waals surface area contributed by atoms with Crippen molar-refractivity contribution in [3.05, 3.63) is 24.3 Å². The van der Waals surface area contributed by atoms with Crippen molar-refractivity contribution in [1.29, 1.82) is 0 Å². The molecule has 0 bridgehead atoms. The first kappa shape index (κ1) is 22.0. The summed E-state index contributed by atoms with van der Waals surface area (Å²) in [5.74, 6) is 0.0316. The van der Waals surface area contributed by atoms with Gasteiger partial charge in [0.25, 0.3) is 0 Å². The first-order valence-corrected chi connectivity index (χ1v) is 11.6. The van der Waals surface area contributed by atoms with Gasteiger partial charge in [-0.15, -0.1) is 0 Å². The van der Waals surface area contributed by atoms with E-state index >= 15 is 0 Å². The van der Waals surface area contributed by atoms with Crippen LogP contribution in [0.25, 0.3) is 0 Å². The summed E-state index contributed by atoms with van der Waals surface area (Å²) in [7, 11) is -2.32. The minimum absolute atomic E-state index is 0.118. The van der Waals surface area contributed by atoms with Crippen LogP contribution in [0.4, 0.5) is 0 Å². The summed E-state index contributed by atoms with van der Waals surface area (Å²) in [6.07, 6.45) is 1.61. The fourth-order valence-corrected chi connectivity index (χ4v) is 5.57. The van der Waals surface area contributed by atoms with Gasteiger partial charge in [-0.2, -0.15) is 4.31 Å². The third-order valence-corrected chi connectivity index (χ3v) is 7.62. The fraction of sp³-hybridized carbons (Fsp3) is 0.650. The van der Waals surface area contributed by atoms with Gasteiger partial charge in [0.05, 0.1) is 19.8 Å². The lowest BCUT2D eigenvalue weighted by atomic mass is 9.78. The van der Waals surface area contributed by atoms with Crippen LogP contribution in [0.2, 0.25) is 0 Å². The lowest BCUT2D eigenvalue weighted by Crippen LogP contribution is -2.53. The van der Waals surface area contributed by atoms with Crippen molar-refractivity contribution in [3.63, 3.8) is 0 Å². The molecular weight excluding hydrogens is 394 g/mol. The molecule has 2 aliphatic rings. The van der Waals surface area contributed by atoms with Crippen molar-refractivity contribution < 1.29 is 22.7 Å². The molecule has 1 saturated heterocycles. The molecule has 1 amide bonds. The van der Waals surface area contributed by atoms with Crippen LogP contribution in [-0.4, -0.2) is 83.1 Å². The Morgan fingerprint density at radius 2 is 2.00 bits per heavy atom. The number of nitrogens with zero attached hydrogens (tertiary/aromatic N) is 2. The zero-order valence-electron chi connectivity index (χ0n) is 17.2. The summed E-state index contributed by atoms with van der Waals surface area (Å²) in [6, 6.07) is 6.66. The number of benzene rings is 1. The summed E-state index contributed by atoms with van der Waals surface area (Å²) in [6.45, 7) is 6.48. The number of sulfonamides is 1. The normalized spacial score (nSPS) is 21.6. The number of fused-ring (bicyclic) bond motifs is 1. The van der Waals surface area contributed by atoms with Crippen LogP contribution in [0.3, 0.4) is 0 Å². The molecule has 0 saturated carbocycles. The molecule has 1 spiro atoms. The van der Waals surface area contributed by atoms with Gasteiger partial charge in [0.1, 0.15) is 10.6 Å². The highest BCUT2D eigenvalue weighted by Gasteiger charge is 2.43. The van der Waals surface area contributed by atoms with Crippen LogP contribution in [0.1, 0.15) is 19.8 Å². The van der Waals surface area contributed by atoms with E-state index in [1.165, 1.54) is 17.4 Å². The molecule has 0 aliphatic carbocycles. The predicted molar refractivity (Wildman–Crippen MR) is 109 cm³/mol. The monoisotopic (exact) mass is 425 g/mol. The van der Waals surface area contributed by atoms with Crippen LogP contribution in [0.15, 0.2) is 29.2 Å². The van der Waals surface area contributed by atoms with Crippen molar-refractivity contribution >= 4 is 15.9 Å². The van der Waals surface area contributed by atoms with Crippen LogP contribution in [0, 0.1) is 5.41 Å². The van der Waals surface area contributed by atoms with Gasteiger partial charge in [0, 0.05) is 32.2 Å². The topological polar surface area (TPSA) is 88.2 Å². The number of hydrogen-bond donors (Lipinski definition) is 1. The number of nitrogens with one attached hydrogen (secondary N) is 1. The number of rotatable bonds is 6. The van der Waals surface area contributed by atoms with Crippen LogP contribution < -0.4 is 10.1 Å². The van der Waals surface area contributed by atoms with Gasteiger partial charge in [-0.3, -0.25) is 4.79 Å². The second-order valence-electron chi connectivity index (χ2n) is 7.72. The Kier molecular flexibility index (Phi) is 7.15. The molecule has 1 fully saturated rings. The molecule has 162 valence electrons. The highest BCUT2D eigenvalue weighted by Crippen LogP contribution is 2.39. The Hall–Kier alpha value is -1.68. The van der Waals surface area contributed by atoms with Crippen molar-refractivity contribution in [3.8, 4) is 5.75 Å². The molecule has 0 unspecified atom stereocenters. The molecule has 1 N–H and O–H groups in total. The minimum atomic E-state index is -3.84. The Balaban J connectivity index is 1.83. The van der Waals surface area contributed by atoms with E-state index in [0.717, 1.165) is 32.5 Å². The molecule has 2 aliphatic heterocycles. The second-order valence-corrected chi connectivity index (χ2v) is 9.63. The van der Waals surface area contributed by atoms with Crippen LogP contribution >= 0.6 is 0 Å². The highest BCUT2D eigenvalue weighted by molar-refractivity contribution is 7.89. The number of likely N-dealkylation sites (N-methyl/N-ethyl adjacent to an activating group) is 1.